The third kappa shape index (κ3) is 2.80. The van der Waals surface area contributed by atoms with Crippen molar-refractivity contribution in [3.63, 3.8) is 0 Å². The summed E-state index contributed by atoms with van der Waals surface area (Å²) in [5.74, 6) is 1.21. The van der Waals surface area contributed by atoms with Crippen LogP contribution in [0.25, 0.3) is 0 Å². The van der Waals surface area contributed by atoms with Gasteiger partial charge in [-0.05, 0) is 18.6 Å². The first-order chi connectivity index (χ1) is 7.70. The molecule has 84 valence electrons. The van der Waals surface area contributed by atoms with Crippen molar-refractivity contribution in [2.24, 2.45) is 0 Å². The average molecular weight is 220 g/mol. The summed E-state index contributed by atoms with van der Waals surface area (Å²) in [5, 5.41) is 0. The number of amides is 1. The lowest BCUT2D eigenvalue weighted by Gasteiger charge is -2.19. The van der Waals surface area contributed by atoms with Crippen molar-refractivity contribution in [3.8, 4) is 12.3 Å². The zero-order chi connectivity index (χ0) is 12.0. The molecule has 1 aromatic heterocycles. The molecule has 0 aliphatic heterocycles. The van der Waals surface area contributed by atoms with Crippen LogP contribution in [0.4, 0.5) is 4.39 Å². The van der Waals surface area contributed by atoms with E-state index in [9.17, 15) is 9.18 Å². The molecule has 3 nitrogen and oxygen atoms in total. The highest BCUT2D eigenvalue weighted by Gasteiger charge is 2.17. The Bertz CT molecular complexity index is 412. The van der Waals surface area contributed by atoms with Gasteiger partial charge in [-0.3, -0.25) is 4.79 Å². The molecule has 0 spiro atoms. The van der Waals surface area contributed by atoms with Crippen molar-refractivity contribution in [3.05, 3.63) is 29.8 Å². The molecule has 0 aliphatic carbocycles. The smallest absolute Gasteiger partial charge is 0.259 e. The fourth-order valence-electron chi connectivity index (χ4n) is 1.35. The van der Waals surface area contributed by atoms with E-state index < -0.39 is 11.9 Å². The van der Waals surface area contributed by atoms with Gasteiger partial charge in [0.05, 0.1) is 12.1 Å². The fourth-order valence-corrected chi connectivity index (χ4v) is 1.35. The molecule has 0 atom stereocenters. The third-order valence-electron chi connectivity index (χ3n) is 2.05. The Hall–Kier alpha value is -1.89. The Morgan fingerprint density at radius 2 is 2.44 bits per heavy atom. The summed E-state index contributed by atoms with van der Waals surface area (Å²) >= 11 is 0. The lowest BCUT2D eigenvalue weighted by Crippen LogP contribution is -2.32. The van der Waals surface area contributed by atoms with E-state index in [0.717, 1.165) is 6.42 Å². The number of pyridine rings is 1. The summed E-state index contributed by atoms with van der Waals surface area (Å²) in [6.45, 7) is 2.62. The Labute approximate surface area is 94.3 Å². The van der Waals surface area contributed by atoms with E-state index in [-0.39, 0.29) is 12.1 Å². The molecule has 0 saturated carbocycles. The number of halogens is 1. The van der Waals surface area contributed by atoms with E-state index in [1.54, 1.807) is 0 Å². The van der Waals surface area contributed by atoms with Gasteiger partial charge in [0, 0.05) is 12.7 Å². The highest BCUT2D eigenvalue weighted by Crippen LogP contribution is 2.07. The summed E-state index contributed by atoms with van der Waals surface area (Å²) in [5.41, 5.74) is -0.0359. The summed E-state index contributed by atoms with van der Waals surface area (Å²) in [4.78, 5) is 16.8. The molecular formula is C12H13FN2O. The summed E-state index contributed by atoms with van der Waals surface area (Å²) in [7, 11) is 0. The maximum Gasteiger partial charge on any atom is 0.259 e. The molecule has 1 heterocycles. The average Bonchev–Trinajstić information content (AvgIpc) is 2.28. The van der Waals surface area contributed by atoms with Crippen LogP contribution in [0.3, 0.4) is 0 Å². The van der Waals surface area contributed by atoms with Crippen molar-refractivity contribution in [2.75, 3.05) is 13.1 Å². The molecule has 0 radical (unpaired) electrons. The topological polar surface area (TPSA) is 33.2 Å². The van der Waals surface area contributed by atoms with Gasteiger partial charge in [0.15, 0.2) is 0 Å². The molecule has 16 heavy (non-hydrogen) atoms. The van der Waals surface area contributed by atoms with Gasteiger partial charge in [-0.15, -0.1) is 6.42 Å². The first-order valence-electron chi connectivity index (χ1n) is 5.04. The van der Waals surface area contributed by atoms with E-state index in [4.69, 9.17) is 6.42 Å². The van der Waals surface area contributed by atoms with Gasteiger partial charge in [0.2, 0.25) is 5.95 Å². The summed E-state index contributed by atoms with van der Waals surface area (Å²) in [6, 6.07) is 2.93. The van der Waals surface area contributed by atoms with Gasteiger partial charge in [-0.2, -0.15) is 4.39 Å². The molecule has 0 saturated heterocycles. The van der Waals surface area contributed by atoms with E-state index >= 15 is 0 Å². The molecule has 0 aliphatic rings. The van der Waals surface area contributed by atoms with Crippen LogP contribution in [0, 0.1) is 18.3 Å². The molecule has 1 rings (SSSR count). The molecule has 4 heteroatoms. The predicted octanol–water partition coefficient (Wildman–Crippen LogP) is 1.71. The fraction of sp³-hybridized carbons (Fsp3) is 0.333. The van der Waals surface area contributed by atoms with Crippen molar-refractivity contribution in [1.29, 1.82) is 0 Å². The Morgan fingerprint density at radius 3 is 3.00 bits per heavy atom. The van der Waals surface area contributed by atoms with Gasteiger partial charge in [0.25, 0.3) is 5.91 Å². The maximum absolute atomic E-state index is 13.3. The van der Waals surface area contributed by atoms with Crippen molar-refractivity contribution in [2.45, 2.75) is 13.3 Å². The second-order valence-corrected chi connectivity index (χ2v) is 3.27. The standard InChI is InChI=1S/C12H13FN2O/c1-3-8-15(9-4-2)12(16)10-6-5-7-14-11(10)13/h1,5-7H,4,8-9H2,2H3. The predicted molar refractivity (Wildman–Crippen MR) is 59.2 cm³/mol. The zero-order valence-corrected chi connectivity index (χ0v) is 9.11. The highest BCUT2D eigenvalue weighted by molar-refractivity contribution is 5.94. The van der Waals surface area contributed by atoms with E-state index in [0.29, 0.717) is 6.54 Å². The number of aromatic nitrogens is 1. The molecule has 0 fully saturated rings. The highest BCUT2D eigenvalue weighted by atomic mass is 19.1. The summed E-state index contributed by atoms with van der Waals surface area (Å²) < 4.78 is 13.3. The van der Waals surface area contributed by atoms with Gasteiger partial charge in [-0.1, -0.05) is 12.8 Å². The Kier molecular flexibility index (Phi) is 4.46. The quantitative estimate of drug-likeness (QED) is 0.571. The molecule has 0 unspecified atom stereocenters. The van der Waals surface area contributed by atoms with Crippen LogP contribution in [0.15, 0.2) is 18.3 Å². The SMILES string of the molecule is C#CCN(CCC)C(=O)c1cccnc1F. The molecule has 1 aromatic rings. The lowest BCUT2D eigenvalue weighted by molar-refractivity contribution is 0.0771. The van der Waals surface area contributed by atoms with Crippen LogP contribution in [0.5, 0.6) is 0 Å². The molecule has 0 bridgehead atoms. The van der Waals surface area contributed by atoms with Crippen LogP contribution >= 0.6 is 0 Å². The number of carbonyl (C=O) groups is 1. The third-order valence-corrected chi connectivity index (χ3v) is 2.05. The number of nitrogens with zero attached hydrogens (tertiary/aromatic N) is 2. The molecule has 0 N–H and O–H groups in total. The lowest BCUT2D eigenvalue weighted by atomic mass is 10.2. The second kappa shape index (κ2) is 5.86. The zero-order valence-electron chi connectivity index (χ0n) is 9.11. The summed E-state index contributed by atoms with van der Waals surface area (Å²) in [6.07, 6.45) is 7.24. The Morgan fingerprint density at radius 1 is 1.69 bits per heavy atom. The van der Waals surface area contributed by atoms with E-state index in [1.807, 2.05) is 6.92 Å². The van der Waals surface area contributed by atoms with E-state index in [1.165, 1.54) is 23.2 Å². The maximum atomic E-state index is 13.3. The number of rotatable bonds is 4. The number of terminal acetylenes is 1. The van der Waals surface area contributed by atoms with Gasteiger partial charge < -0.3 is 4.90 Å². The van der Waals surface area contributed by atoms with Crippen LogP contribution < -0.4 is 0 Å². The monoisotopic (exact) mass is 220 g/mol. The van der Waals surface area contributed by atoms with Crippen LogP contribution in [-0.2, 0) is 0 Å². The van der Waals surface area contributed by atoms with Crippen molar-refractivity contribution < 1.29 is 9.18 Å². The number of carbonyl (C=O) groups excluding carboxylic acids is 1. The minimum Gasteiger partial charge on any atom is -0.327 e. The van der Waals surface area contributed by atoms with Crippen LogP contribution in [0.2, 0.25) is 0 Å². The van der Waals surface area contributed by atoms with Crippen LogP contribution in [0.1, 0.15) is 23.7 Å². The minimum absolute atomic E-state index is 0.0359. The van der Waals surface area contributed by atoms with Gasteiger partial charge in [-0.25, -0.2) is 4.98 Å². The molecule has 0 aromatic carbocycles. The van der Waals surface area contributed by atoms with Crippen molar-refractivity contribution in [1.82, 2.24) is 9.88 Å². The molecular weight excluding hydrogens is 207 g/mol. The van der Waals surface area contributed by atoms with Gasteiger partial charge in [0.1, 0.15) is 0 Å². The first-order valence-corrected chi connectivity index (χ1v) is 5.04. The van der Waals surface area contributed by atoms with Crippen LogP contribution in [-0.4, -0.2) is 28.9 Å². The normalized spacial score (nSPS) is 9.56. The van der Waals surface area contributed by atoms with Crippen molar-refractivity contribution >= 4 is 5.91 Å². The Balaban J connectivity index is 2.91. The number of hydrogen-bond donors (Lipinski definition) is 0. The minimum atomic E-state index is -0.759. The second-order valence-electron chi connectivity index (χ2n) is 3.27. The molecule has 1 amide bonds. The van der Waals surface area contributed by atoms with E-state index in [2.05, 4.69) is 10.9 Å². The first kappa shape index (κ1) is 12.2. The van der Waals surface area contributed by atoms with Gasteiger partial charge >= 0.3 is 0 Å². The largest absolute Gasteiger partial charge is 0.327 e. The number of hydrogen-bond acceptors (Lipinski definition) is 2.